The second-order valence-corrected chi connectivity index (χ2v) is 4.32. The van der Waals surface area contributed by atoms with Crippen LogP contribution in [0.4, 0.5) is 14.5 Å². The molecule has 0 bridgehead atoms. The number of rotatable bonds is 5. The molecule has 2 aromatic carbocycles. The molecule has 5 nitrogen and oxygen atoms in total. The third-order valence-electron chi connectivity index (χ3n) is 2.80. The maximum atomic E-state index is 13.3. The standard InChI is InChI=1S/C14H12F2N2O3/c15-11-1-2-14(18(19)20)10(5-11)8-21-13-4-9(7-17)3-12(16)6-13/h1-6H,7-8,17H2. The summed E-state index contributed by atoms with van der Waals surface area (Å²) in [6.45, 7) is -0.115. The van der Waals surface area contributed by atoms with Gasteiger partial charge in [-0.25, -0.2) is 8.78 Å². The van der Waals surface area contributed by atoms with Gasteiger partial charge in [0.25, 0.3) is 5.69 Å². The van der Waals surface area contributed by atoms with Gasteiger partial charge in [-0.15, -0.1) is 0 Å². The van der Waals surface area contributed by atoms with Crippen molar-refractivity contribution in [1.82, 2.24) is 0 Å². The van der Waals surface area contributed by atoms with Crippen molar-refractivity contribution in [2.45, 2.75) is 13.2 Å². The Labute approximate surface area is 119 Å². The van der Waals surface area contributed by atoms with Gasteiger partial charge in [0.1, 0.15) is 24.0 Å². The van der Waals surface area contributed by atoms with E-state index in [-0.39, 0.29) is 30.2 Å². The van der Waals surface area contributed by atoms with Gasteiger partial charge in [-0.3, -0.25) is 10.1 Å². The van der Waals surface area contributed by atoms with Crippen molar-refractivity contribution in [3.63, 3.8) is 0 Å². The number of ether oxygens (including phenoxy) is 1. The Bertz CT molecular complexity index is 677. The van der Waals surface area contributed by atoms with Crippen molar-refractivity contribution in [1.29, 1.82) is 0 Å². The van der Waals surface area contributed by atoms with E-state index in [1.165, 1.54) is 12.1 Å². The van der Waals surface area contributed by atoms with Crippen LogP contribution in [0, 0.1) is 21.7 Å². The fourth-order valence-electron chi connectivity index (χ4n) is 1.83. The van der Waals surface area contributed by atoms with Gasteiger partial charge in [-0.05, 0) is 29.8 Å². The Morgan fingerprint density at radius 3 is 2.57 bits per heavy atom. The zero-order chi connectivity index (χ0) is 15.4. The van der Waals surface area contributed by atoms with Crippen LogP contribution in [-0.4, -0.2) is 4.92 Å². The Balaban J connectivity index is 2.22. The van der Waals surface area contributed by atoms with Crippen LogP contribution in [0.2, 0.25) is 0 Å². The molecule has 0 radical (unpaired) electrons. The Morgan fingerprint density at radius 2 is 1.90 bits per heavy atom. The van der Waals surface area contributed by atoms with E-state index in [0.717, 1.165) is 24.3 Å². The van der Waals surface area contributed by atoms with E-state index < -0.39 is 16.6 Å². The molecule has 110 valence electrons. The van der Waals surface area contributed by atoms with E-state index in [2.05, 4.69) is 0 Å². The number of hydrogen-bond acceptors (Lipinski definition) is 4. The lowest BCUT2D eigenvalue weighted by atomic mass is 10.2. The second kappa shape index (κ2) is 6.27. The second-order valence-electron chi connectivity index (χ2n) is 4.32. The van der Waals surface area contributed by atoms with Gasteiger partial charge in [0, 0.05) is 18.7 Å². The first-order valence-corrected chi connectivity index (χ1v) is 6.04. The van der Waals surface area contributed by atoms with E-state index in [1.807, 2.05) is 0 Å². The van der Waals surface area contributed by atoms with Crippen molar-refractivity contribution in [2.75, 3.05) is 0 Å². The molecule has 0 unspecified atom stereocenters. The number of benzene rings is 2. The molecule has 2 aromatic rings. The average molecular weight is 294 g/mol. The number of nitro groups is 1. The van der Waals surface area contributed by atoms with Gasteiger partial charge in [0.15, 0.2) is 0 Å². The number of hydrogen-bond donors (Lipinski definition) is 1. The highest BCUT2D eigenvalue weighted by molar-refractivity contribution is 5.40. The van der Waals surface area contributed by atoms with Gasteiger partial charge in [-0.1, -0.05) is 0 Å². The number of halogens is 2. The van der Waals surface area contributed by atoms with Crippen LogP contribution in [-0.2, 0) is 13.2 Å². The third kappa shape index (κ3) is 3.73. The topological polar surface area (TPSA) is 78.4 Å². The van der Waals surface area contributed by atoms with Crippen LogP contribution in [0.15, 0.2) is 36.4 Å². The highest BCUT2D eigenvalue weighted by atomic mass is 19.1. The summed E-state index contributed by atoms with van der Waals surface area (Å²) in [5.74, 6) is -0.961. The minimum absolute atomic E-state index is 0.0681. The maximum Gasteiger partial charge on any atom is 0.276 e. The first-order valence-electron chi connectivity index (χ1n) is 6.04. The molecule has 0 fully saturated rings. The van der Waals surface area contributed by atoms with Gasteiger partial charge < -0.3 is 10.5 Å². The van der Waals surface area contributed by atoms with Crippen LogP contribution in [0.5, 0.6) is 5.75 Å². The normalized spacial score (nSPS) is 10.4. The summed E-state index contributed by atoms with van der Waals surface area (Å²) in [4.78, 5) is 10.2. The summed E-state index contributed by atoms with van der Waals surface area (Å²) in [7, 11) is 0. The molecule has 0 aliphatic rings. The molecule has 21 heavy (non-hydrogen) atoms. The summed E-state index contributed by atoms with van der Waals surface area (Å²) >= 11 is 0. The van der Waals surface area contributed by atoms with Crippen molar-refractivity contribution >= 4 is 5.69 Å². The molecule has 0 saturated carbocycles. The van der Waals surface area contributed by atoms with Crippen LogP contribution < -0.4 is 10.5 Å². The zero-order valence-corrected chi connectivity index (χ0v) is 10.9. The largest absolute Gasteiger partial charge is 0.489 e. The van der Waals surface area contributed by atoms with Crippen LogP contribution in [0.25, 0.3) is 0 Å². The first kappa shape index (κ1) is 14.9. The van der Waals surface area contributed by atoms with E-state index in [0.29, 0.717) is 5.56 Å². The lowest BCUT2D eigenvalue weighted by Crippen LogP contribution is -2.03. The first-order chi connectivity index (χ1) is 9.99. The van der Waals surface area contributed by atoms with Crippen LogP contribution in [0.3, 0.4) is 0 Å². The lowest BCUT2D eigenvalue weighted by molar-refractivity contribution is -0.385. The summed E-state index contributed by atoms with van der Waals surface area (Å²) in [6.07, 6.45) is 0. The van der Waals surface area contributed by atoms with Crippen molar-refractivity contribution in [3.05, 3.63) is 69.3 Å². The predicted octanol–water partition coefficient (Wildman–Crippen LogP) is 2.91. The summed E-state index contributed by atoms with van der Waals surface area (Å²) in [5.41, 5.74) is 5.75. The molecule has 2 N–H and O–H groups in total. The van der Waals surface area contributed by atoms with Gasteiger partial charge in [-0.2, -0.15) is 0 Å². The van der Waals surface area contributed by atoms with Crippen molar-refractivity contribution in [3.8, 4) is 5.75 Å². The minimum atomic E-state index is -0.630. The highest BCUT2D eigenvalue weighted by Gasteiger charge is 2.15. The Kier molecular flexibility index (Phi) is 4.44. The SMILES string of the molecule is NCc1cc(F)cc(OCc2cc(F)ccc2[N+](=O)[O-])c1. The maximum absolute atomic E-state index is 13.3. The highest BCUT2D eigenvalue weighted by Crippen LogP contribution is 2.23. The molecule has 0 spiro atoms. The smallest absolute Gasteiger partial charge is 0.276 e. The number of nitrogens with zero attached hydrogens (tertiary/aromatic N) is 1. The fourth-order valence-corrected chi connectivity index (χ4v) is 1.83. The van der Waals surface area contributed by atoms with Gasteiger partial charge in [0.05, 0.1) is 10.5 Å². The summed E-state index contributed by atoms with van der Waals surface area (Å²) in [6, 6.07) is 6.98. The Hall–Kier alpha value is -2.54. The minimum Gasteiger partial charge on any atom is -0.489 e. The van der Waals surface area contributed by atoms with Crippen molar-refractivity contribution < 1.29 is 18.4 Å². The third-order valence-corrected chi connectivity index (χ3v) is 2.80. The molecular weight excluding hydrogens is 282 g/mol. The molecule has 2 rings (SSSR count). The van der Waals surface area contributed by atoms with E-state index >= 15 is 0 Å². The van der Waals surface area contributed by atoms with Crippen LogP contribution in [0.1, 0.15) is 11.1 Å². The zero-order valence-electron chi connectivity index (χ0n) is 10.9. The molecule has 0 amide bonds. The molecule has 0 aliphatic heterocycles. The molecule has 0 atom stereocenters. The summed E-state index contributed by atoms with van der Waals surface area (Å²) in [5, 5.41) is 10.8. The van der Waals surface area contributed by atoms with E-state index in [9.17, 15) is 18.9 Å². The quantitative estimate of drug-likeness (QED) is 0.679. The van der Waals surface area contributed by atoms with Gasteiger partial charge >= 0.3 is 0 Å². The fraction of sp³-hybridized carbons (Fsp3) is 0.143. The van der Waals surface area contributed by atoms with Crippen molar-refractivity contribution in [2.24, 2.45) is 5.73 Å². The van der Waals surface area contributed by atoms with E-state index in [1.54, 1.807) is 0 Å². The monoisotopic (exact) mass is 294 g/mol. The van der Waals surface area contributed by atoms with Crippen LogP contribution >= 0.6 is 0 Å². The molecule has 0 aromatic heterocycles. The Morgan fingerprint density at radius 1 is 1.14 bits per heavy atom. The summed E-state index contributed by atoms with van der Waals surface area (Å²) < 4.78 is 31.8. The number of nitrogens with two attached hydrogens (primary N) is 1. The average Bonchev–Trinajstić information content (AvgIpc) is 2.44. The molecular formula is C14H12F2N2O3. The lowest BCUT2D eigenvalue weighted by Gasteiger charge is -2.08. The molecule has 0 aliphatic carbocycles. The molecule has 7 heteroatoms. The predicted molar refractivity (Wildman–Crippen MR) is 71.7 cm³/mol. The van der Waals surface area contributed by atoms with Gasteiger partial charge in [0.2, 0.25) is 0 Å². The number of nitro benzene ring substituents is 1. The molecule has 0 heterocycles. The van der Waals surface area contributed by atoms with E-state index in [4.69, 9.17) is 10.5 Å². The molecule has 0 saturated heterocycles.